The van der Waals surface area contributed by atoms with Crippen LogP contribution < -0.4 is 5.73 Å². The first kappa shape index (κ1) is 10.7. The highest BCUT2D eigenvalue weighted by molar-refractivity contribution is 7.09. The summed E-state index contributed by atoms with van der Waals surface area (Å²) in [6.45, 7) is 4.18. The molecule has 1 unspecified atom stereocenters. The van der Waals surface area contributed by atoms with Gasteiger partial charge < -0.3 is 5.73 Å². The zero-order valence-electron chi connectivity index (χ0n) is 8.42. The second-order valence-electron chi connectivity index (χ2n) is 3.44. The lowest BCUT2D eigenvalue weighted by molar-refractivity contribution is 0.567. The predicted octanol–water partition coefficient (Wildman–Crippen LogP) is 2.51. The summed E-state index contributed by atoms with van der Waals surface area (Å²) in [5, 5.41) is 3.36. The average molecular weight is 198 g/mol. The number of thiazole rings is 1. The van der Waals surface area contributed by atoms with E-state index in [1.807, 2.05) is 6.92 Å². The third kappa shape index (κ3) is 3.87. The molecule has 0 saturated heterocycles. The fourth-order valence-electron chi connectivity index (χ4n) is 1.24. The molecule has 0 amide bonds. The highest BCUT2D eigenvalue weighted by Crippen LogP contribution is 2.12. The fraction of sp³-hybridized carbons (Fsp3) is 0.700. The number of hydrogen-bond donors (Lipinski definition) is 1. The van der Waals surface area contributed by atoms with E-state index in [4.69, 9.17) is 5.73 Å². The molecule has 1 rings (SSSR count). The number of aryl methyl sites for hydroxylation is 2. The summed E-state index contributed by atoms with van der Waals surface area (Å²) in [5.74, 6) is 0. The molecule has 74 valence electrons. The van der Waals surface area contributed by atoms with Crippen molar-refractivity contribution in [3.63, 3.8) is 0 Å². The average Bonchev–Trinajstić information content (AvgIpc) is 2.51. The van der Waals surface area contributed by atoms with Crippen LogP contribution in [0.3, 0.4) is 0 Å². The van der Waals surface area contributed by atoms with E-state index < -0.39 is 0 Å². The molecule has 1 aromatic heterocycles. The van der Waals surface area contributed by atoms with Gasteiger partial charge in [-0.15, -0.1) is 11.3 Å². The number of hydrogen-bond acceptors (Lipinski definition) is 3. The molecule has 0 radical (unpaired) electrons. The third-order valence-corrected chi connectivity index (χ3v) is 3.18. The van der Waals surface area contributed by atoms with Crippen molar-refractivity contribution in [3.8, 4) is 0 Å². The normalized spacial score (nSPS) is 13.2. The molecule has 1 aromatic rings. The molecule has 1 heterocycles. The molecule has 0 aliphatic heterocycles. The summed E-state index contributed by atoms with van der Waals surface area (Å²) < 4.78 is 0. The van der Waals surface area contributed by atoms with Crippen molar-refractivity contribution >= 4 is 11.3 Å². The number of nitrogens with zero attached hydrogens (tertiary/aromatic N) is 1. The predicted molar refractivity (Wildman–Crippen MR) is 58.1 cm³/mol. The molecular formula is C10H18N2S. The van der Waals surface area contributed by atoms with E-state index in [0.717, 1.165) is 25.0 Å². The molecule has 0 spiro atoms. The smallest absolute Gasteiger partial charge is 0.0928 e. The lowest BCUT2D eigenvalue weighted by atomic mass is 10.1. The molecular weight excluding hydrogens is 180 g/mol. The Morgan fingerprint density at radius 3 is 2.92 bits per heavy atom. The van der Waals surface area contributed by atoms with Gasteiger partial charge in [-0.05, 0) is 32.6 Å². The largest absolute Gasteiger partial charge is 0.328 e. The van der Waals surface area contributed by atoms with Gasteiger partial charge in [0.25, 0.3) is 0 Å². The van der Waals surface area contributed by atoms with Crippen LogP contribution in [0, 0.1) is 6.92 Å². The molecule has 0 bridgehead atoms. The van der Waals surface area contributed by atoms with E-state index in [0.29, 0.717) is 6.04 Å². The van der Waals surface area contributed by atoms with Crippen LogP contribution in [-0.2, 0) is 6.42 Å². The summed E-state index contributed by atoms with van der Waals surface area (Å²) in [6.07, 6.45) is 4.46. The zero-order chi connectivity index (χ0) is 9.68. The Kier molecular flexibility index (Phi) is 4.39. The summed E-state index contributed by atoms with van der Waals surface area (Å²) in [6, 6.07) is 0.376. The highest BCUT2D eigenvalue weighted by Gasteiger charge is 2.01. The van der Waals surface area contributed by atoms with Gasteiger partial charge >= 0.3 is 0 Å². The Balaban J connectivity index is 2.20. The van der Waals surface area contributed by atoms with Gasteiger partial charge in [0, 0.05) is 17.1 Å². The minimum absolute atomic E-state index is 0.376. The van der Waals surface area contributed by atoms with Gasteiger partial charge in [-0.1, -0.05) is 6.92 Å². The van der Waals surface area contributed by atoms with Crippen molar-refractivity contribution in [2.75, 3.05) is 0 Å². The van der Waals surface area contributed by atoms with E-state index in [-0.39, 0.29) is 0 Å². The van der Waals surface area contributed by atoms with Crippen LogP contribution in [0.15, 0.2) is 5.38 Å². The third-order valence-electron chi connectivity index (χ3n) is 2.16. The number of nitrogens with two attached hydrogens (primary N) is 1. The van der Waals surface area contributed by atoms with Crippen molar-refractivity contribution in [1.82, 2.24) is 4.98 Å². The van der Waals surface area contributed by atoms with Crippen LogP contribution in [-0.4, -0.2) is 11.0 Å². The first-order valence-corrected chi connectivity index (χ1v) is 5.77. The van der Waals surface area contributed by atoms with Crippen LogP contribution in [0.2, 0.25) is 0 Å². The van der Waals surface area contributed by atoms with Gasteiger partial charge in [-0.2, -0.15) is 0 Å². The Morgan fingerprint density at radius 1 is 1.62 bits per heavy atom. The minimum atomic E-state index is 0.376. The van der Waals surface area contributed by atoms with Crippen LogP contribution in [0.5, 0.6) is 0 Å². The zero-order valence-corrected chi connectivity index (χ0v) is 9.23. The van der Waals surface area contributed by atoms with Crippen LogP contribution >= 0.6 is 11.3 Å². The molecule has 2 N–H and O–H groups in total. The molecule has 2 nitrogen and oxygen atoms in total. The molecule has 0 saturated carbocycles. The van der Waals surface area contributed by atoms with Crippen LogP contribution in [0.25, 0.3) is 0 Å². The summed E-state index contributed by atoms with van der Waals surface area (Å²) >= 11 is 1.76. The van der Waals surface area contributed by atoms with Gasteiger partial charge in [0.2, 0.25) is 0 Å². The van der Waals surface area contributed by atoms with Gasteiger partial charge in [0.05, 0.1) is 5.01 Å². The maximum absolute atomic E-state index is 5.83. The first-order valence-electron chi connectivity index (χ1n) is 4.89. The summed E-state index contributed by atoms with van der Waals surface area (Å²) in [7, 11) is 0. The van der Waals surface area contributed by atoms with E-state index in [2.05, 4.69) is 17.3 Å². The molecule has 0 fully saturated rings. The van der Waals surface area contributed by atoms with Crippen LogP contribution in [0.4, 0.5) is 0 Å². The SMILES string of the molecule is CCC(N)CCCc1nc(C)cs1. The standard InChI is InChI=1S/C10H18N2S/c1-3-9(11)5-4-6-10-12-8(2)7-13-10/h7,9H,3-6,11H2,1-2H3. The van der Waals surface area contributed by atoms with Gasteiger partial charge in [0.1, 0.15) is 0 Å². The van der Waals surface area contributed by atoms with Crippen molar-refractivity contribution in [2.45, 2.75) is 45.6 Å². The molecule has 1 atom stereocenters. The Labute approximate surface area is 84.2 Å². The number of rotatable bonds is 5. The lowest BCUT2D eigenvalue weighted by Crippen LogP contribution is -2.18. The van der Waals surface area contributed by atoms with Crippen molar-refractivity contribution in [2.24, 2.45) is 5.73 Å². The van der Waals surface area contributed by atoms with Crippen LogP contribution in [0.1, 0.15) is 36.9 Å². The van der Waals surface area contributed by atoms with E-state index in [9.17, 15) is 0 Å². The Hall–Kier alpha value is -0.410. The lowest BCUT2D eigenvalue weighted by Gasteiger charge is -2.06. The molecule has 13 heavy (non-hydrogen) atoms. The second-order valence-corrected chi connectivity index (χ2v) is 4.39. The molecule has 3 heteroatoms. The minimum Gasteiger partial charge on any atom is -0.328 e. The van der Waals surface area contributed by atoms with Crippen molar-refractivity contribution < 1.29 is 0 Å². The van der Waals surface area contributed by atoms with Gasteiger partial charge in [-0.3, -0.25) is 0 Å². The van der Waals surface area contributed by atoms with E-state index in [1.54, 1.807) is 11.3 Å². The first-order chi connectivity index (χ1) is 6.22. The van der Waals surface area contributed by atoms with Gasteiger partial charge in [0.15, 0.2) is 0 Å². The second kappa shape index (κ2) is 5.35. The molecule has 0 aromatic carbocycles. The Bertz CT molecular complexity index is 245. The van der Waals surface area contributed by atoms with Crippen molar-refractivity contribution in [1.29, 1.82) is 0 Å². The maximum atomic E-state index is 5.83. The van der Waals surface area contributed by atoms with Crippen molar-refractivity contribution in [3.05, 3.63) is 16.1 Å². The fourth-order valence-corrected chi connectivity index (χ4v) is 2.06. The highest BCUT2D eigenvalue weighted by atomic mass is 32.1. The van der Waals surface area contributed by atoms with E-state index >= 15 is 0 Å². The quantitative estimate of drug-likeness (QED) is 0.789. The number of aromatic nitrogens is 1. The molecule has 0 aliphatic carbocycles. The maximum Gasteiger partial charge on any atom is 0.0928 e. The molecule has 0 aliphatic rings. The topological polar surface area (TPSA) is 38.9 Å². The monoisotopic (exact) mass is 198 g/mol. The summed E-state index contributed by atoms with van der Waals surface area (Å²) in [4.78, 5) is 4.41. The van der Waals surface area contributed by atoms with E-state index in [1.165, 1.54) is 11.4 Å². The Morgan fingerprint density at radius 2 is 2.38 bits per heavy atom. The van der Waals surface area contributed by atoms with Gasteiger partial charge in [-0.25, -0.2) is 4.98 Å². The summed E-state index contributed by atoms with van der Waals surface area (Å²) in [5.41, 5.74) is 6.96.